The van der Waals surface area contributed by atoms with E-state index >= 15 is 0 Å². The van der Waals surface area contributed by atoms with Crippen LogP contribution in [0.15, 0.2) is 47.4 Å². The summed E-state index contributed by atoms with van der Waals surface area (Å²) in [5.74, 6) is -0.780. The Bertz CT molecular complexity index is 1270. The molecular formula is C27H31F4N5O. The van der Waals surface area contributed by atoms with E-state index in [1.54, 1.807) is 0 Å². The maximum absolute atomic E-state index is 14.5. The number of hydrogen-bond donors (Lipinski definition) is 2. The van der Waals surface area contributed by atoms with E-state index in [-0.39, 0.29) is 18.5 Å². The first-order valence-electron chi connectivity index (χ1n) is 12.4. The minimum Gasteiger partial charge on any atom is -0.362 e. The van der Waals surface area contributed by atoms with Crippen molar-refractivity contribution in [1.82, 2.24) is 15.3 Å². The molecule has 10 heteroatoms. The van der Waals surface area contributed by atoms with E-state index in [0.29, 0.717) is 5.95 Å². The molecule has 0 spiro atoms. The van der Waals surface area contributed by atoms with Crippen molar-refractivity contribution < 1.29 is 22.4 Å². The van der Waals surface area contributed by atoms with Crippen LogP contribution in [-0.2, 0) is 4.79 Å². The zero-order valence-corrected chi connectivity index (χ0v) is 20.9. The van der Waals surface area contributed by atoms with E-state index < -0.39 is 35.5 Å². The lowest BCUT2D eigenvalue weighted by atomic mass is 9.86. The second-order valence-corrected chi connectivity index (χ2v) is 9.67. The van der Waals surface area contributed by atoms with Gasteiger partial charge in [-0.15, -0.1) is 0 Å². The lowest BCUT2D eigenvalue weighted by Crippen LogP contribution is -2.38. The number of rotatable bonds is 6. The first-order valence-corrected chi connectivity index (χ1v) is 12.4. The number of hydrogen-bond acceptors (Lipinski definition) is 5. The third kappa shape index (κ3) is 6.47. The number of halogens is 4. The molecule has 6 nitrogen and oxygen atoms in total. The number of carbonyl (C=O) groups is 1. The van der Waals surface area contributed by atoms with Gasteiger partial charge in [0.1, 0.15) is 11.6 Å². The van der Waals surface area contributed by atoms with E-state index in [2.05, 4.69) is 22.8 Å². The normalized spacial score (nSPS) is 21.6. The molecule has 3 aliphatic rings. The number of amides is 1. The van der Waals surface area contributed by atoms with E-state index in [0.717, 1.165) is 54.6 Å². The van der Waals surface area contributed by atoms with Gasteiger partial charge < -0.3 is 15.5 Å². The van der Waals surface area contributed by atoms with Gasteiger partial charge in [0.25, 0.3) is 5.91 Å². The van der Waals surface area contributed by atoms with Gasteiger partial charge in [0.2, 0.25) is 5.95 Å². The highest BCUT2D eigenvalue weighted by atomic mass is 19.4. The second-order valence-electron chi connectivity index (χ2n) is 9.67. The molecule has 1 fully saturated rings. The fourth-order valence-corrected chi connectivity index (χ4v) is 4.73. The maximum Gasteiger partial charge on any atom is 0.415 e. The van der Waals surface area contributed by atoms with Crippen LogP contribution >= 0.6 is 0 Å². The lowest BCUT2D eigenvalue weighted by molar-refractivity contribution is -0.117. The molecule has 0 unspecified atom stereocenters. The SMILES string of the molecule is CN(C)c1nc(NC2CCC(CNC(=O)C3=CC=CCC(C(F)(F)F)=C3F)CC2)nc2c1=CC=CCC=2. The molecule has 198 valence electrons. The fourth-order valence-electron chi connectivity index (χ4n) is 4.73. The molecule has 4 rings (SSSR count). The third-order valence-corrected chi connectivity index (χ3v) is 6.77. The predicted octanol–water partition coefficient (Wildman–Crippen LogP) is 3.82. The van der Waals surface area contributed by atoms with Gasteiger partial charge in [-0.05, 0) is 56.6 Å². The van der Waals surface area contributed by atoms with Crippen molar-refractivity contribution in [2.75, 3.05) is 30.9 Å². The summed E-state index contributed by atoms with van der Waals surface area (Å²) in [6.07, 6.45) is 10.4. The number of nitrogens with zero attached hydrogens (tertiary/aromatic N) is 3. The standard InChI is InChI=1S/C27H31F4N5O/c1-36(2)24-19-8-4-3-5-11-22(19)34-26(35-24)33-18-14-12-17(13-15-18)16-32-25(37)20-9-6-7-10-21(23(20)28)27(29,30)31/h3-4,6-9,11,17-18H,5,10,12-16H2,1-2H3,(H,32,37)(H,33,34). The van der Waals surface area contributed by atoms with Crippen molar-refractivity contribution in [2.24, 2.45) is 5.92 Å². The molecule has 0 atom stereocenters. The van der Waals surface area contributed by atoms with Crippen LogP contribution in [0, 0.1) is 5.92 Å². The molecule has 3 aliphatic carbocycles. The number of aromatic nitrogens is 2. The Hall–Kier alpha value is -3.43. The van der Waals surface area contributed by atoms with Gasteiger partial charge in [-0.25, -0.2) is 9.37 Å². The molecule has 1 heterocycles. The summed E-state index contributed by atoms with van der Waals surface area (Å²) < 4.78 is 53.9. The van der Waals surface area contributed by atoms with Gasteiger partial charge in [-0.3, -0.25) is 4.79 Å². The van der Waals surface area contributed by atoms with Crippen LogP contribution < -0.4 is 26.1 Å². The van der Waals surface area contributed by atoms with Crippen molar-refractivity contribution in [3.8, 4) is 0 Å². The summed E-state index contributed by atoms with van der Waals surface area (Å²) in [4.78, 5) is 23.9. The zero-order chi connectivity index (χ0) is 26.6. The number of alkyl halides is 3. The highest BCUT2D eigenvalue weighted by molar-refractivity contribution is 5.97. The Morgan fingerprint density at radius 2 is 1.81 bits per heavy atom. The number of anilines is 2. The molecule has 0 aromatic carbocycles. The predicted molar refractivity (Wildman–Crippen MR) is 137 cm³/mol. The fraction of sp³-hybridized carbons (Fsp3) is 0.444. The van der Waals surface area contributed by atoms with Gasteiger partial charge >= 0.3 is 6.18 Å². The average Bonchev–Trinajstić information content (AvgIpc) is 3.20. The molecule has 1 aromatic heterocycles. The molecule has 37 heavy (non-hydrogen) atoms. The minimum absolute atomic E-state index is 0.150. The van der Waals surface area contributed by atoms with E-state index in [1.807, 2.05) is 31.1 Å². The van der Waals surface area contributed by atoms with Crippen molar-refractivity contribution in [2.45, 2.75) is 50.7 Å². The van der Waals surface area contributed by atoms with Gasteiger partial charge in [-0.1, -0.05) is 30.4 Å². The summed E-state index contributed by atoms with van der Waals surface area (Å²) in [5, 5.41) is 7.95. The Morgan fingerprint density at radius 3 is 2.51 bits per heavy atom. The summed E-state index contributed by atoms with van der Waals surface area (Å²) in [6.45, 7) is 0.277. The number of allylic oxidation sites excluding steroid dienone is 6. The third-order valence-electron chi connectivity index (χ3n) is 6.77. The summed E-state index contributed by atoms with van der Waals surface area (Å²) in [5.41, 5.74) is -1.92. The van der Waals surface area contributed by atoms with E-state index in [9.17, 15) is 22.4 Å². The first-order chi connectivity index (χ1) is 17.6. The van der Waals surface area contributed by atoms with Crippen LogP contribution in [0.5, 0.6) is 0 Å². The molecule has 0 aliphatic heterocycles. The van der Waals surface area contributed by atoms with Crippen LogP contribution in [0.25, 0.3) is 12.2 Å². The first kappa shape index (κ1) is 26.6. The smallest absolute Gasteiger partial charge is 0.362 e. The largest absolute Gasteiger partial charge is 0.415 e. The van der Waals surface area contributed by atoms with Gasteiger partial charge in [0.15, 0.2) is 0 Å². The van der Waals surface area contributed by atoms with E-state index in [4.69, 9.17) is 9.97 Å². The molecule has 2 N–H and O–H groups in total. The Morgan fingerprint density at radius 1 is 1.08 bits per heavy atom. The van der Waals surface area contributed by atoms with Gasteiger partial charge in [0, 0.05) is 31.9 Å². The number of fused-ring (bicyclic) bond motifs is 1. The van der Waals surface area contributed by atoms with Crippen LogP contribution in [-0.4, -0.2) is 48.7 Å². The van der Waals surface area contributed by atoms with Crippen molar-refractivity contribution in [3.05, 3.63) is 57.9 Å². The highest BCUT2D eigenvalue weighted by Crippen LogP contribution is 2.35. The van der Waals surface area contributed by atoms with Gasteiger partial charge in [-0.2, -0.15) is 18.2 Å². The number of carbonyl (C=O) groups excluding carboxylic acids is 1. The lowest BCUT2D eigenvalue weighted by Gasteiger charge is -2.29. The van der Waals surface area contributed by atoms with Crippen LogP contribution in [0.2, 0.25) is 0 Å². The molecule has 1 aromatic rings. The summed E-state index contributed by atoms with van der Waals surface area (Å²) >= 11 is 0. The maximum atomic E-state index is 14.5. The van der Waals surface area contributed by atoms with Crippen LogP contribution in [0.1, 0.15) is 38.5 Å². The average molecular weight is 518 g/mol. The topological polar surface area (TPSA) is 70.2 Å². The summed E-state index contributed by atoms with van der Waals surface area (Å²) in [6, 6.07) is 0.164. The molecule has 1 amide bonds. The second kappa shape index (κ2) is 11.3. The van der Waals surface area contributed by atoms with Crippen LogP contribution in [0.3, 0.4) is 0 Å². The molecule has 0 radical (unpaired) electrons. The monoisotopic (exact) mass is 517 g/mol. The molecule has 0 bridgehead atoms. The Balaban J connectivity index is 1.34. The van der Waals surface area contributed by atoms with Crippen molar-refractivity contribution in [1.29, 1.82) is 0 Å². The quantitative estimate of drug-likeness (QED) is 0.562. The minimum atomic E-state index is -4.83. The Kier molecular flexibility index (Phi) is 8.14. The Labute approximate surface area is 213 Å². The van der Waals surface area contributed by atoms with Gasteiger partial charge in [0.05, 0.1) is 16.5 Å². The molecular weight excluding hydrogens is 486 g/mol. The molecule has 0 saturated heterocycles. The van der Waals surface area contributed by atoms with Crippen molar-refractivity contribution in [3.63, 3.8) is 0 Å². The number of nitrogens with one attached hydrogen (secondary N) is 2. The van der Waals surface area contributed by atoms with Crippen molar-refractivity contribution >= 4 is 29.8 Å². The van der Waals surface area contributed by atoms with Crippen LogP contribution in [0.4, 0.5) is 29.3 Å². The molecule has 1 saturated carbocycles. The summed E-state index contributed by atoms with van der Waals surface area (Å²) in [7, 11) is 3.89. The zero-order valence-electron chi connectivity index (χ0n) is 20.9. The van der Waals surface area contributed by atoms with E-state index in [1.165, 1.54) is 12.2 Å². The highest BCUT2D eigenvalue weighted by Gasteiger charge is 2.38.